The fourth-order valence-electron chi connectivity index (χ4n) is 2.14. The zero-order chi connectivity index (χ0) is 16.6. The van der Waals surface area contributed by atoms with Crippen molar-refractivity contribution in [3.05, 3.63) is 16.6 Å². The Morgan fingerprint density at radius 3 is 2.78 bits per heavy atom. The topological polar surface area (TPSA) is 66.2 Å². The van der Waals surface area contributed by atoms with Gasteiger partial charge in [-0.15, -0.1) is 5.10 Å². The van der Waals surface area contributed by atoms with Crippen LogP contribution in [0.2, 0.25) is 0 Å². The van der Waals surface area contributed by atoms with Crippen LogP contribution in [0.25, 0.3) is 11.0 Å². The van der Waals surface area contributed by atoms with E-state index in [9.17, 15) is 4.79 Å². The summed E-state index contributed by atoms with van der Waals surface area (Å²) < 4.78 is 13.3. The van der Waals surface area contributed by atoms with E-state index < -0.39 is 5.41 Å². The van der Waals surface area contributed by atoms with Gasteiger partial charge in [0.25, 0.3) is 0 Å². The van der Waals surface area contributed by atoms with Gasteiger partial charge in [-0.3, -0.25) is 4.79 Å². The van der Waals surface area contributed by atoms with E-state index in [1.807, 2.05) is 16.8 Å². The van der Waals surface area contributed by atoms with Crippen molar-refractivity contribution in [3.8, 4) is 5.75 Å². The average molecular weight is 382 g/mol. The first-order chi connectivity index (χ1) is 10.9. The number of carbonyl (C=O) groups excluding carboxylic acids is 1. The molecule has 1 aromatic heterocycles. The van der Waals surface area contributed by atoms with Gasteiger partial charge in [-0.2, -0.15) is 0 Å². The van der Waals surface area contributed by atoms with Gasteiger partial charge in [0.2, 0.25) is 6.79 Å². The summed E-state index contributed by atoms with van der Waals surface area (Å²) in [7, 11) is 0. The normalized spacial score (nSPS) is 15.0. The molecule has 1 aromatic carbocycles. The maximum Gasteiger partial charge on any atom is 0.314 e. The molecule has 1 fully saturated rings. The molecule has 0 bridgehead atoms. The Labute approximate surface area is 143 Å². The molecule has 23 heavy (non-hydrogen) atoms. The SMILES string of the molecule is CC(C)(C)C(=O)OCOc1ccc2c(nnn2CC2CC2)c1Br. The molecular formula is C16H20BrN3O3. The summed E-state index contributed by atoms with van der Waals surface area (Å²) in [5.41, 5.74) is 1.18. The highest BCUT2D eigenvalue weighted by atomic mass is 79.9. The molecule has 0 atom stereocenters. The number of benzene rings is 1. The van der Waals surface area contributed by atoms with Gasteiger partial charge in [0.15, 0.2) is 0 Å². The molecule has 0 unspecified atom stereocenters. The molecule has 7 heteroatoms. The molecule has 1 saturated carbocycles. The third kappa shape index (κ3) is 3.65. The smallest absolute Gasteiger partial charge is 0.314 e. The lowest BCUT2D eigenvalue weighted by molar-refractivity contribution is -0.159. The van der Waals surface area contributed by atoms with Crippen LogP contribution < -0.4 is 4.74 Å². The minimum absolute atomic E-state index is 0.129. The zero-order valence-corrected chi connectivity index (χ0v) is 15.1. The molecule has 0 aliphatic heterocycles. The maximum absolute atomic E-state index is 11.7. The average Bonchev–Trinajstić information content (AvgIpc) is 3.20. The summed E-state index contributed by atoms with van der Waals surface area (Å²) >= 11 is 3.50. The van der Waals surface area contributed by atoms with Gasteiger partial charge in [0.05, 0.1) is 15.4 Å². The second-order valence-corrected chi connectivity index (χ2v) is 7.70. The van der Waals surface area contributed by atoms with E-state index >= 15 is 0 Å². The fraction of sp³-hybridized carbons (Fsp3) is 0.562. The monoisotopic (exact) mass is 381 g/mol. The van der Waals surface area contributed by atoms with Crippen molar-refractivity contribution >= 4 is 32.9 Å². The van der Waals surface area contributed by atoms with Crippen molar-refractivity contribution in [1.82, 2.24) is 15.0 Å². The van der Waals surface area contributed by atoms with Crippen LogP contribution in [0, 0.1) is 11.3 Å². The Bertz CT molecular complexity index is 732. The fourth-order valence-corrected chi connectivity index (χ4v) is 2.67. The van der Waals surface area contributed by atoms with E-state index in [0.29, 0.717) is 5.75 Å². The van der Waals surface area contributed by atoms with E-state index in [1.165, 1.54) is 12.8 Å². The highest BCUT2D eigenvalue weighted by Crippen LogP contribution is 2.34. The molecule has 0 radical (unpaired) electrons. The molecule has 2 aromatic rings. The van der Waals surface area contributed by atoms with Crippen LogP contribution in [0.3, 0.4) is 0 Å². The summed E-state index contributed by atoms with van der Waals surface area (Å²) in [6.07, 6.45) is 2.53. The summed E-state index contributed by atoms with van der Waals surface area (Å²) in [6.45, 7) is 6.18. The third-order valence-corrected chi connectivity index (χ3v) is 4.50. The quantitative estimate of drug-likeness (QED) is 0.585. The lowest BCUT2D eigenvalue weighted by atomic mass is 9.98. The van der Waals surface area contributed by atoms with Crippen LogP contribution in [0.1, 0.15) is 33.6 Å². The first-order valence-electron chi connectivity index (χ1n) is 7.68. The standard InChI is InChI=1S/C16H20BrN3O3/c1-16(2,3)15(21)23-9-22-12-7-6-11-14(13(12)17)18-19-20(11)8-10-4-5-10/h6-7,10H,4-5,8-9H2,1-3H3. The molecule has 3 rings (SSSR count). The van der Waals surface area contributed by atoms with Crippen molar-refractivity contribution in [2.75, 3.05) is 6.79 Å². The van der Waals surface area contributed by atoms with E-state index in [2.05, 4.69) is 26.2 Å². The van der Waals surface area contributed by atoms with Crippen LogP contribution in [-0.2, 0) is 16.1 Å². The summed E-state index contributed by atoms with van der Waals surface area (Å²) in [5.74, 6) is 1.01. The van der Waals surface area contributed by atoms with Gasteiger partial charge in [-0.05, 0) is 67.6 Å². The molecule has 124 valence electrons. The molecule has 6 nitrogen and oxygen atoms in total. The molecule has 0 amide bonds. The van der Waals surface area contributed by atoms with Gasteiger partial charge in [-0.25, -0.2) is 4.68 Å². The molecular weight excluding hydrogens is 362 g/mol. The van der Waals surface area contributed by atoms with Gasteiger partial charge in [0.1, 0.15) is 11.3 Å². The number of esters is 1. The molecule has 0 N–H and O–H groups in total. The maximum atomic E-state index is 11.7. The van der Waals surface area contributed by atoms with E-state index in [-0.39, 0.29) is 12.8 Å². The minimum Gasteiger partial charge on any atom is -0.456 e. The zero-order valence-electron chi connectivity index (χ0n) is 13.5. The Hall–Kier alpha value is -1.63. The highest BCUT2D eigenvalue weighted by Gasteiger charge is 2.24. The highest BCUT2D eigenvalue weighted by molar-refractivity contribution is 9.10. The number of hydrogen-bond acceptors (Lipinski definition) is 5. The first-order valence-corrected chi connectivity index (χ1v) is 8.47. The lowest BCUT2D eigenvalue weighted by Gasteiger charge is -2.17. The molecule has 1 heterocycles. The van der Waals surface area contributed by atoms with Crippen LogP contribution >= 0.6 is 15.9 Å². The Morgan fingerprint density at radius 1 is 1.39 bits per heavy atom. The van der Waals surface area contributed by atoms with Crippen molar-refractivity contribution < 1.29 is 14.3 Å². The van der Waals surface area contributed by atoms with Gasteiger partial charge >= 0.3 is 5.97 Å². The van der Waals surface area contributed by atoms with Crippen LogP contribution in [0.4, 0.5) is 0 Å². The number of ether oxygens (including phenoxy) is 2. The van der Waals surface area contributed by atoms with Gasteiger partial charge in [-0.1, -0.05) is 5.21 Å². The summed E-state index contributed by atoms with van der Waals surface area (Å²) in [6, 6.07) is 3.77. The van der Waals surface area contributed by atoms with Crippen LogP contribution in [0.5, 0.6) is 5.75 Å². The Balaban J connectivity index is 1.69. The molecule has 0 saturated heterocycles. The predicted molar refractivity (Wildman–Crippen MR) is 89.0 cm³/mol. The van der Waals surface area contributed by atoms with Crippen molar-refractivity contribution in [2.24, 2.45) is 11.3 Å². The van der Waals surface area contributed by atoms with Crippen molar-refractivity contribution in [3.63, 3.8) is 0 Å². The van der Waals surface area contributed by atoms with E-state index in [0.717, 1.165) is 28.0 Å². The first kappa shape index (κ1) is 16.2. The third-order valence-electron chi connectivity index (χ3n) is 3.74. The molecule has 1 aliphatic rings. The second kappa shape index (κ2) is 6.11. The van der Waals surface area contributed by atoms with E-state index in [4.69, 9.17) is 9.47 Å². The minimum atomic E-state index is -0.546. The van der Waals surface area contributed by atoms with Crippen molar-refractivity contribution in [2.45, 2.75) is 40.2 Å². The van der Waals surface area contributed by atoms with Crippen LogP contribution in [-0.4, -0.2) is 27.8 Å². The number of fused-ring (bicyclic) bond motifs is 1. The Kier molecular flexibility index (Phi) is 4.31. The predicted octanol–water partition coefficient (Wildman–Crippen LogP) is 3.53. The molecule has 0 spiro atoms. The number of carbonyl (C=O) groups is 1. The second-order valence-electron chi connectivity index (χ2n) is 6.90. The van der Waals surface area contributed by atoms with Crippen LogP contribution in [0.15, 0.2) is 16.6 Å². The number of rotatable bonds is 5. The number of hydrogen-bond donors (Lipinski definition) is 0. The Morgan fingerprint density at radius 2 is 2.13 bits per heavy atom. The largest absolute Gasteiger partial charge is 0.456 e. The summed E-state index contributed by atoms with van der Waals surface area (Å²) in [5, 5.41) is 8.43. The lowest BCUT2D eigenvalue weighted by Crippen LogP contribution is -2.24. The number of nitrogens with zero attached hydrogens (tertiary/aromatic N) is 3. The summed E-state index contributed by atoms with van der Waals surface area (Å²) in [4.78, 5) is 11.7. The van der Waals surface area contributed by atoms with Gasteiger partial charge < -0.3 is 9.47 Å². The number of aromatic nitrogens is 3. The number of halogens is 1. The molecule has 1 aliphatic carbocycles. The van der Waals surface area contributed by atoms with E-state index in [1.54, 1.807) is 20.8 Å². The van der Waals surface area contributed by atoms with Gasteiger partial charge in [0, 0.05) is 6.54 Å². The van der Waals surface area contributed by atoms with Crippen molar-refractivity contribution in [1.29, 1.82) is 0 Å².